The van der Waals surface area contributed by atoms with E-state index in [-0.39, 0.29) is 31.4 Å². The minimum absolute atomic E-state index is 0.0155. The van der Waals surface area contributed by atoms with Gasteiger partial charge in [-0.3, -0.25) is 9.71 Å². The lowest BCUT2D eigenvalue weighted by molar-refractivity contribution is 0.480. The fraction of sp³-hybridized carbons (Fsp3) is 0.136. The monoisotopic (exact) mass is 530 g/mol. The molecule has 5 nitrogen and oxygen atoms in total. The van der Waals surface area contributed by atoms with Gasteiger partial charge >= 0.3 is 0 Å². The van der Waals surface area contributed by atoms with Gasteiger partial charge in [0.25, 0.3) is 10.0 Å². The molecule has 1 heterocycles. The van der Waals surface area contributed by atoms with Crippen LogP contribution in [0.15, 0.2) is 47.5 Å². The van der Waals surface area contributed by atoms with Crippen molar-refractivity contribution in [1.29, 1.82) is 0 Å². The lowest BCUT2D eigenvalue weighted by atomic mass is 10.2. The van der Waals surface area contributed by atoms with Crippen LogP contribution in [0, 0.1) is 0 Å². The van der Waals surface area contributed by atoms with Gasteiger partial charge in [0, 0.05) is 5.02 Å². The first kappa shape index (κ1) is 24.7. The molecule has 0 aliphatic carbocycles. The minimum atomic E-state index is -4.00. The Hall–Kier alpha value is -1.96. The van der Waals surface area contributed by atoms with Crippen molar-refractivity contribution in [2.75, 3.05) is 4.72 Å². The van der Waals surface area contributed by atoms with Crippen LogP contribution >= 0.6 is 46.4 Å². The zero-order valence-corrected chi connectivity index (χ0v) is 20.7. The maximum Gasteiger partial charge on any atom is 0.263 e. The Kier molecular flexibility index (Phi) is 7.96. The number of sulfonamides is 1. The Morgan fingerprint density at radius 2 is 1.75 bits per heavy atom. The van der Waals surface area contributed by atoms with Crippen LogP contribution in [-0.4, -0.2) is 13.4 Å². The number of nitrogens with one attached hydrogen (secondary N) is 1. The zero-order chi connectivity index (χ0) is 23.5. The van der Waals surface area contributed by atoms with Crippen LogP contribution in [0.4, 0.5) is 5.69 Å². The summed E-state index contributed by atoms with van der Waals surface area (Å²) in [5, 5.41) is 1.99. The van der Waals surface area contributed by atoms with Gasteiger partial charge in [0.15, 0.2) is 5.75 Å². The van der Waals surface area contributed by atoms with E-state index in [0.717, 1.165) is 18.2 Å². The van der Waals surface area contributed by atoms with Gasteiger partial charge in [-0.15, -0.1) is 0 Å². The normalized spacial score (nSPS) is 12.1. The number of hydrogen-bond donors (Lipinski definition) is 1. The predicted molar refractivity (Wildman–Crippen MR) is 132 cm³/mol. The topological polar surface area (TPSA) is 68.3 Å². The molecule has 1 aromatic heterocycles. The molecule has 0 radical (unpaired) electrons. The molecule has 0 bridgehead atoms. The van der Waals surface area contributed by atoms with Gasteiger partial charge in [-0.2, -0.15) is 0 Å². The highest BCUT2D eigenvalue weighted by Gasteiger charge is 2.20. The smallest absolute Gasteiger partial charge is 0.263 e. The minimum Gasteiger partial charge on any atom is -0.453 e. The van der Waals surface area contributed by atoms with Crippen LogP contribution in [0.1, 0.15) is 19.8 Å². The Bertz CT molecular complexity index is 1360. The molecule has 0 amide bonds. The van der Waals surface area contributed by atoms with E-state index >= 15 is 0 Å². The second kappa shape index (κ2) is 10.3. The molecule has 0 saturated heterocycles. The summed E-state index contributed by atoms with van der Waals surface area (Å²) in [6.07, 6.45) is 5.44. The summed E-state index contributed by atoms with van der Waals surface area (Å²) < 4.78 is 33.6. The summed E-state index contributed by atoms with van der Waals surface area (Å²) in [4.78, 5) is 4.21. The van der Waals surface area contributed by atoms with Gasteiger partial charge < -0.3 is 4.74 Å². The Balaban J connectivity index is 1.87. The first-order valence-corrected chi connectivity index (χ1v) is 12.4. The molecule has 0 spiro atoms. The molecular formula is C22H18Cl4N2O3S. The quantitative estimate of drug-likeness (QED) is 0.389. The second-order valence-corrected chi connectivity index (χ2v) is 10.1. The molecule has 0 aliphatic heterocycles. The maximum atomic E-state index is 12.7. The van der Waals surface area contributed by atoms with Crippen molar-refractivity contribution in [2.45, 2.75) is 24.7 Å². The van der Waals surface area contributed by atoms with Crippen molar-refractivity contribution in [2.24, 2.45) is 0 Å². The van der Waals surface area contributed by atoms with Crippen molar-refractivity contribution in [3.8, 4) is 11.5 Å². The van der Waals surface area contributed by atoms with Crippen LogP contribution < -0.4 is 20.0 Å². The Morgan fingerprint density at radius 1 is 1.06 bits per heavy atom. The molecule has 0 fully saturated rings. The van der Waals surface area contributed by atoms with E-state index in [9.17, 15) is 8.42 Å². The number of aromatic nitrogens is 1. The standard InChI is InChI=1S/C22H18Cl4N2O3S/c1-3-4-5-20-13(2)8-16(12-27-20)31-22-18(25)10-15(11-19(22)26)28-32(29,30)21-7-6-14(23)9-17(21)24/h5-12,28H,2-4H2,1H3/b20-5+. The predicted octanol–water partition coefficient (Wildman–Crippen LogP) is 6.28. The average molecular weight is 532 g/mol. The van der Waals surface area contributed by atoms with Crippen LogP contribution in [0.5, 0.6) is 11.5 Å². The summed E-state index contributed by atoms with van der Waals surface area (Å²) >= 11 is 24.5. The molecule has 32 heavy (non-hydrogen) atoms. The van der Waals surface area contributed by atoms with Gasteiger partial charge in [0.05, 0.1) is 32.3 Å². The Labute approximate surface area is 206 Å². The summed E-state index contributed by atoms with van der Waals surface area (Å²) in [7, 11) is -4.00. The molecule has 1 N–H and O–H groups in total. The lowest BCUT2D eigenvalue weighted by Gasteiger charge is -2.14. The van der Waals surface area contributed by atoms with Gasteiger partial charge in [0.1, 0.15) is 10.6 Å². The second-order valence-electron chi connectivity index (χ2n) is 6.76. The molecule has 0 unspecified atom stereocenters. The van der Waals surface area contributed by atoms with Crippen molar-refractivity contribution >= 4 is 74.8 Å². The summed E-state index contributed by atoms with van der Waals surface area (Å²) in [5.74, 6) is 0.556. The third kappa shape index (κ3) is 5.88. The largest absolute Gasteiger partial charge is 0.453 e. The summed E-state index contributed by atoms with van der Waals surface area (Å²) in [5.41, 5.74) is 0.138. The number of nitrogens with zero attached hydrogens (tertiary/aromatic N) is 1. The highest BCUT2D eigenvalue weighted by Crippen LogP contribution is 2.39. The fourth-order valence-electron chi connectivity index (χ4n) is 2.76. The van der Waals surface area contributed by atoms with Crippen molar-refractivity contribution in [1.82, 2.24) is 4.98 Å². The molecule has 3 rings (SSSR count). The summed E-state index contributed by atoms with van der Waals surface area (Å²) in [6.45, 7) is 6.06. The Morgan fingerprint density at radius 3 is 2.34 bits per heavy atom. The molecule has 10 heteroatoms. The lowest BCUT2D eigenvalue weighted by Crippen LogP contribution is -2.26. The molecule has 3 aromatic rings. The van der Waals surface area contributed by atoms with Crippen LogP contribution in [0.2, 0.25) is 20.1 Å². The summed E-state index contributed by atoms with van der Waals surface area (Å²) in [6, 6.07) is 8.55. The van der Waals surface area contributed by atoms with E-state index < -0.39 is 10.0 Å². The van der Waals surface area contributed by atoms with E-state index in [1.807, 2.05) is 6.08 Å². The number of pyridine rings is 1. The van der Waals surface area contributed by atoms with E-state index in [1.54, 1.807) is 12.3 Å². The number of anilines is 1. The van der Waals surface area contributed by atoms with E-state index in [4.69, 9.17) is 51.1 Å². The molecule has 2 aromatic carbocycles. The molecule has 0 saturated carbocycles. The molecule has 0 atom stereocenters. The first-order valence-electron chi connectivity index (χ1n) is 9.40. The average Bonchev–Trinajstić information content (AvgIpc) is 2.69. The molecule has 168 valence electrons. The van der Waals surface area contributed by atoms with Gasteiger partial charge in [-0.1, -0.05) is 72.4 Å². The van der Waals surface area contributed by atoms with Crippen LogP contribution in [0.3, 0.4) is 0 Å². The van der Waals surface area contributed by atoms with Gasteiger partial charge in [-0.05, 0) is 48.0 Å². The van der Waals surface area contributed by atoms with Crippen molar-refractivity contribution in [3.05, 3.63) is 73.3 Å². The number of ether oxygens (including phenoxy) is 1. The van der Waals surface area contributed by atoms with E-state index in [1.165, 1.54) is 30.3 Å². The van der Waals surface area contributed by atoms with Crippen LogP contribution in [-0.2, 0) is 10.0 Å². The van der Waals surface area contributed by atoms with Gasteiger partial charge in [-0.25, -0.2) is 8.42 Å². The highest BCUT2D eigenvalue weighted by molar-refractivity contribution is 7.92. The highest BCUT2D eigenvalue weighted by atomic mass is 35.5. The van der Waals surface area contributed by atoms with Gasteiger partial charge in [0.2, 0.25) is 0 Å². The third-order valence-corrected chi connectivity index (χ3v) is 6.92. The number of benzene rings is 2. The fourth-order valence-corrected chi connectivity index (χ4v) is 5.14. The first-order chi connectivity index (χ1) is 15.1. The van der Waals surface area contributed by atoms with Crippen LogP contribution in [0.25, 0.3) is 12.7 Å². The number of hydrogen-bond acceptors (Lipinski definition) is 4. The molecular weight excluding hydrogens is 514 g/mol. The number of halogens is 4. The van der Waals surface area contributed by atoms with Crippen molar-refractivity contribution < 1.29 is 13.2 Å². The van der Waals surface area contributed by atoms with E-state index in [2.05, 4.69) is 23.2 Å². The maximum absolute atomic E-state index is 12.7. The third-order valence-electron chi connectivity index (χ3n) is 4.26. The number of rotatable bonds is 7. The zero-order valence-electron chi connectivity index (χ0n) is 16.8. The van der Waals surface area contributed by atoms with E-state index in [0.29, 0.717) is 16.0 Å². The molecule has 0 aliphatic rings. The SMILES string of the molecule is C=c1cc(Oc2c(Cl)cc(NS(=O)(=O)c3ccc(Cl)cc3Cl)cc2Cl)cn/c1=C/CCC. The van der Waals surface area contributed by atoms with Crippen molar-refractivity contribution in [3.63, 3.8) is 0 Å². The number of unbranched alkanes of at least 4 members (excludes halogenated alkanes) is 1.